The smallest absolute Gasteiger partial charge is 0.231 e. The summed E-state index contributed by atoms with van der Waals surface area (Å²) in [5.74, 6) is -2.63. The number of hydrogen-bond acceptors (Lipinski definition) is 2. The van der Waals surface area contributed by atoms with Crippen molar-refractivity contribution in [2.24, 2.45) is 5.92 Å². The molecule has 0 bridgehead atoms. The molecule has 3 aromatic carbocycles. The number of alkyl halides is 2. The molecule has 1 N–H and O–H groups in total. The maximum Gasteiger partial charge on any atom is 0.231 e. The topological polar surface area (TPSA) is 46.2 Å². The van der Waals surface area contributed by atoms with Gasteiger partial charge >= 0.3 is 0 Å². The molecule has 0 radical (unpaired) electrons. The molecule has 0 aliphatic heterocycles. The number of rotatable bonds is 6. The summed E-state index contributed by atoms with van der Waals surface area (Å²) in [6.07, 6.45) is -0.192. The van der Waals surface area contributed by atoms with Crippen molar-refractivity contribution in [1.29, 1.82) is 0 Å². The van der Waals surface area contributed by atoms with Crippen molar-refractivity contribution >= 4 is 91.3 Å². The van der Waals surface area contributed by atoms with Gasteiger partial charge in [0.15, 0.2) is 5.78 Å². The predicted octanol–water partition coefficient (Wildman–Crippen LogP) is 8.50. The average molecular weight is 625 g/mol. The SMILES string of the molecule is O=C(Cc1ccc(Br)cc1F)c1cc(NC(=O)C2C(c3cc(Cl)cc(Cl)c3)C2(Cl)Cl)ccc1Cl. The quantitative estimate of drug-likeness (QED) is 0.221. The van der Waals surface area contributed by atoms with Crippen molar-refractivity contribution in [2.45, 2.75) is 16.7 Å². The Balaban J connectivity index is 1.52. The molecule has 2 unspecified atom stereocenters. The second-order valence-electron chi connectivity index (χ2n) is 7.85. The number of Topliss-reactive ketones (excluding diaryl/α,β-unsaturated/α-hetero) is 1. The Bertz CT molecular complexity index is 1300. The minimum atomic E-state index is -1.34. The summed E-state index contributed by atoms with van der Waals surface area (Å²) < 4.78 is 13.4. The minimum Gasteiger partial charge on any atom is -0.326 e. The van der Waals surface area contributed by atoms with E-state index in [0.29, 0.717) is 25.8 Å². The van der Waals surface area contributed by atoms with Gasteiger partial charge in [-0.2, -0.15) is 0 Å². The molecule has 1 aliphatic carbocycles. The Morgan fingerprint density at radius 2 is 1.65 bits per heavy atom. The highest BCUT2D eigenvalue weighted by atomic mass is 79.9. The van der Waals surface area contributed by atoms with E-state index in [1.165, 1.54) is 24.3 Å². The second-order valence-corrected chi connectivity index (χ2v) is 11.5. The number of amides is 1. The van der Waals surface area contributed by atoms with Crippen LogP contribution in [0.4, 0.5) is 10.1 Å². The van der Waals surface area contributed by atoms with E-state index in [1.807, 2.05) is 0 Å². The molecular formula is C24H14BrCl5FNO2. The molecule has 1 fully saturated rings. The molecule has 0 spiro atoms. The third-order valence-corrected chi connectivity index (χ3v) is 7.68. The van der Waals surface area contributed by atoms with Gasteiger partial charge in [-0.3, -0.25) is 9.59 Å². The summed E-state index contributed by atoms with van der Waals surface area (Å²) in [6, 6.07) is 13.8. The molecule has 1 saturated carbocycles. The van der Waals surface area contributed by atoms with Crippen molar-refractivity contribution in [3.05, 3.63) is 96.6 Å². The fourth-order valence-electron chi connectivity index (χ4n) is 3.79. The zero-order chi connectivity index (χ0) is 24.8. The number of carbonyl (C=O) groups excluding carboxylic acids is 2. The van der Waals surface area contributed by atoms with Crippen LogP contribution < -0.4 is 5.32 Å². The molecule has 176 valence electrons. The average Bonchev–Trinajstić information content (AvgIpc) is 3.33. The van der Waals surface area contributed by atoms with Crippen molar-refractivity contribution in [3.63, 3.8) is 0 Å². The first-order valence-electron chi connectivity index (χ1n) is 9.88. The van der Waals surface area contributed by atoms with E-state index in [4.69, 9.17) is 58.0 Å². The first-order valence-corrected chi connectivity index (χ1v) is 12.6. The van der Waals surface area contributed by atoms with E-state index in [0.717, 1.165) is 0 Å². The summed E-state index contributed by atoms with van der Waals surface area (Å²) in [4.78, 5) is 25.8. The third-order valence-electron chi connectivity index (χ3n) is 5.48. The first-order chi connectivity index (χ1) is 16.0. The highest BCUT2D eigenvalue weighted by Gasteiger charge is 2.67. The lowest BCUT2D eigenvalue weighted by molar-refractivity contribution is -0.117. The molecule has 3 aromatic rings. The van der Waals surface area contributed by atoms with Gasteiger partial charge in [-0.05, 0) is 59.7 Å². The van der Waals surface area contributed by atoms with Crippen LogP contribution in [0.25, 0.3) is 0 Å². The van der Waals surface area contributed by atoms with E-state index < -0.39 is 33.7 Å². The Morgan fingerprint density at radius 1 is 0.971 bits per heavy atom. The molecule has 1 aliphatic rings. The Labute approximate surface area is 228 Å². The molecule has 1 amide bonds. The molecule has 0 saturated heterocycles. The summed E-state index contributed by atoms with van der Waals surface area (Å²) >= 11 is 34.3. The number of hydrogen-bond donors (Lipinski definition) is 1. The number of anilines is 1. The van der Waals surface area contributed by atoms with Crippen LogP contribution in [0.15, 0.2) is 59.1 Å². The first kappa shape index (κ1) is 25.7. The van der Waals surface area contributed by atoms with Gasteiger partial charge in [-0.25, -0.2) is 4.39 Å². The fraction of sp³-hybridized carbons (Fsp3) is 0.167. The maximum atomic E-state index is 14.2. The lowest BCUT2D eigenvalue weighted by Crippen LogP contribution is -2.17. The van der Waals surface area contributed by atoms with Crippen molar-refractivity contribution in [1.82, 2.24) is 0 Å². The molecule has 0 heterocycles. The van der Waals surface area contributed by atoms with Crippen LogP contribution in [0.5, 0.6) is 0 Å². The Kier molecular flexibility index (Phi) is 7.54. The van der Waals surface area contributed by atoms with Crippen LogP contribution in [-0.2, 0) is 11.2 Å². The summed E-state index contributed by atoms with van der Waals surface area (Å²) in [6.45, 7) is 0. The molecular weight excluding hydrogens is 610 g/mol. The predicted molar refractivity (Wildman–Crippen MR) is 139 cm³/mol. The van der Waals surface area contributed by atoms with Crippen LogP contribution in [0, 0.1) is 11.7 Å². The summed E-state index contributed by atoms with van der Waals surface area (Å²) in [5.41, 5.74) is 1.35. The fourth-order valence-corrected chi connectivity index (χ4v) is 5.72. The molecule has 0 aromatic heterocycles. The zero-order valence-electron chi connectivity index (χ0n) is 17.0. The van der Waals surface area contributed by atoms with Crippen LogP contribution in [0.2, 0.25) is 15.1 Å². The Morgan fingerprint density at radius 3 is 2.29 bits per heavy atom. The monoisotopic (exact) mass is 621 g/mol. The minimum absolute atomic E-state index is 0.152. The van der Waals surface area contributed by atoms with Gasteiger partial charge in [-0.1, -0.05) is 56.8 Å². The van der Waals surface area contributed by atoms with Gasteiger partial charge in [0.2, 0.25) is 5.91 Å². The van der Waals surface area contributed by atoms with Crippen molar-refractivity contribution in [3.8, 4) is 0 Å². The van der Waals surface area contributed by atoms with Gasteiger partial charge in [-0.15, -0.1) is 23.2 Å². The molecule has 2 atom stereocenters. The Hall–Kier alpha value is -1.34. The normalized spacial score (nSPS) is 18.4. The summed E-state index contributed by atoms with van der Waals surface area (Å²) in [7, 11) is 0. The zero-order valence-corrected chi connectivity index (χ0v) is 22.4. The van der Waals surface area contributed by atoms with Crippen LogP contribution >= 0.6 is 73.9 Å². The molecule has 3 nitrogen and oxygen atoms in total. The van der Waals surface area contributed by atoms with Crippen LogP contribution in [0.1, 0.15) is 27.4 Å². The lowest BCUT2D eigenvalue weighted by Gasteiger charge is -2.10. The second kappa shape index (κ2) is 9.96. The van der Waals surface area contributed by atoms with Crippen LogP contribution in [0.3, 0.4) is 0 Å². The lowest BCUT2D eigenvalue weighted by atomic mass is 10.0. The van der Waals surface area contributed by atoms with Crippen molar-refractivity contribution < 1.29 is 14.0 Å². The molecule has 4 rings (SSSR count). The van der Waals surface area contributed by atoms with E-state index in [2.05, 4.69) is 21.2 Å². The molecule has 34 heavy (non-hydrogen) atoms. The highest BCUT2D eigenvalue weighted by Crippen LogP contribution is 2.65. The number of nitrogens with one attached hydrogen (secondary N) is 1. The standard InChI is InChI=1S/C24H14BrCl5FNO2/c25-13-2-1-11(19(31)8-13)7-20(33)17-10-16(3-4-18(17)28)32-23(34)22-21(24(22,29)30)12-5-14(26)9-15(27)6-12/h1-6,8-10,21-22H,7H2,(H,32,34). The number of benzene rings is 3. The highest BCUT2D eigenvalue weighted by molar-refractivity contribution is 9.10. The number of carbonyl (C=O) groups is 2. The number of halogens is 7. The van der Waals surface area contributed by atoms with Gasteiger partial charge in [0.25, 0.3) is 0 Å². The number of ketones is 1. The third kappa shape index (κ3) is 5.40. The van der Waals surface area contributed by atoms with Gasteiger partial charge in [0.05, 0.1) is 10.9 Å². The van der Waals surface area contributed by atoms with Gasteiger partial charge in [0.1, 0.15) is 10.2 Å². The van der Waals surface area contributed by atoms with Gasteiger partial charge in [0, 0.05) is 38.1 Å². The largest absolute Gasteiger partial charge is 0.326 e. The van der Waals surface area contributed by atoms with E-state index in [-0.39, 0.29) is 22.6 Å². The van der Waals surface area contributed by atoms with Crippen LogP contribution in [-0.4, -0.2) is 16.0 Å². The van der Waals surface area contributed by atoms with E-state index in [1.54, 1.807) is 30.3 Å². The maximum absolute atomic E-state index is 14.2. The van der Waals surface area contributed by atoms with Gasteiger partial charge < -0.3 is 5.32 Å². The van der Waals surface area contributed by atoms with E-state index in [9.17, 15) is 14.0 Å². The molecule has 10 heteroatoms. The van der Waals surface area contributed by atoms with Crippen molar-refractivity contribution in [2.75, 3.05) is 5.32 Å². The van der Waals surface area contributed by atoms with E-state index >= 15 is 0 Å². The summed E-state index contributed by atoms with van der Waals surface area (Å²) in [5, 5.41) is 3.72.